The van der Waals surface area contributed by atoms with Gasteiger partial charge in [-0.05, 0) is 48.5 Å². The van der Waals surface area contributed by atoms with Gasteiger partial charge in [-0.3, -0.25) is 9.59 Å². The van der Waals surface area contributed by atoms with E-state index in [0.29, 0.717) is 17.2 Å². The number of rotatable bonds is 6. The number of nitrogens with zero attached hydrogens (tertiary/aromatic N) is 1. The van der Waals surface area contributed by atoms with Crippen LogP contribution in [-0.4, -0.2) is 32.3 Å². The molecule has 3 aromatic rings. The highest BCUT2D eigenvalue weighted by Gasteiger charge is 2.17. The third kappa shape index (κ3) is 4.79. The Morgan fingerprint density at radius 1 is 1.03 bits per heavy atom. The molecule has 2 aromatic carbocycles. The Morgan fingerprint density at radius 3 is 2.28 bits per heavy atom. The minimum Gasteiger partial charge on any atom is -0.497 e. The number of carbonyl (C=O) groups is 2. The summed E-state index contributed by atoms with van der Waals surface area (Å²) >= 11 is 0. The van der Waals surface area contributed by atoms with Gasteiger partial charge in [-0.25, -0.2) is 18.1 Å². The Morgan fingerprint density at radius 2 is 1.69 bits per heavy atom. The fourth-order valence-electron chi connectivity index (χ4n) is 2.42. The number of carbonyl (C=O) groups excluding carboxylic acids is 2. The van der Waals surface area contributed by atoms with Gasteiger partial charge in [0.1, 0.15) is 5.75 Å². The lowest BCUT2D eigenvalue weighted by Crippen LogP contribution is -2.28. The van der Waals surface area contributed by atoms with Crippen molar-refractivity contribution in [3.05, 3.63) is 60.6 Å². The van der Waals surface area contributed by atoms with Crippen LogP contribution < -0.4 is 14.8 Å². The standard InChI is InChI=1S/C19H17N3O6S/c1-12(23)22-29(25,26)16-9-5-14(6-10-16)21-18(24)19-20-11-17(28-19)13-3-7-15(27-2)8-4-13/h3-11H,1-2H3,(H,21,24)(H,22,23). The zero-order valence-corrected chi connectivity index (χ0v) is 16.3. The highest BCUT2D eigenvalue weighted by molar-refractivity contribution is 7.90. The molecule has 150 valence electrons. The smallest absolute Gasteiger partial charge is 0.311 e. The lowest BCUT2D eigenvalue weighted by atomic mass is 10.2. The van der Waals surface area contributed by atoms with Crippen molar-refractivity contribution >= 4 is 27.5 Å². The average molecular weight is 415 g/mol. The van der Waals surface area contributed by atoms with E-state index in [2.05, 4.69) is 10.3 Å². The number of anilines is 1. The molecule has 0 radical (unpaired) electrons. The largest absolute Gasteiger partial charge is 0.497 e. The van der Waals surface area contributed by atoms with E-state index in [-0.39, 0.29) is 10.8 Å². The number of oxazole rings is 1. The summed E-state index contributed by atoms with van der Waals surface area (Å²) in [6, 6.07) is 12.4. The van der Waals surface area contributed by atoms with Crippen molar-refractivity contribution in [2.45, 2.75) is 11.8 Å². The van der Waals surface area contributed by atoms with Crippen molar-refractivity contribution < 1.29 is 27.2 Å². The van der Waals surface area contributed by atoms with Crippen LogP contribution in [0.4, 0.5) is 5.69 Å². The molecule has 3 rings (SSSR count). The summed E-state index contributed by atoms with van der Waals surface area (Å²) in [5.74, 6) is -0.336. The Kier molecular flexibility index (Phi) is 5.64. The molecule has 0 aliphatic carbocycles. The summed E-state index contributed by atoms with van der Waals surface area (Å²) in [4.78, 5) is 27.2. The molecule has 0 aliphatic heterocycles. The van der Waals surface area contributed by atoms with E-state index in [1.54, 1.807) is 31.4 Å². The predicted octanol–water partition coefficient (Wildman–Crippen LogP) is 2.43. The van der Waals surface area contributed by atoms with Crippen molar-refractivity contribution in [1.29, 1.82) is 0 Å². The van der Waals surface area contributed by atoms with E-state index < -0.39 is 21.8 Å². The zero-order chi connectivity index (χ0) is 21.0. The number of benzene rings is 2. The van der Waals surface area contributed by atoms with Gasteiger partial charge in [0.05, 0.1) is 18.2 Å². The van der Waals surface area contributed by atoms with Crippen LogP contribution in [0, 0.1) is 0 Å². The molecule has 9 nitrogen and oxygen atoms in total. The van der Waals surface area contributed by atoms with Gasteiger partial charge in [-0.1, -0.05) is 0 Å². The number of aromatic nitrogens is 1. The molecule has 29 heavy (non-hydrogen) atoms. The molecule has 0 saturated carbocycles. The monoisotopic (exact) mass is 415 g/mol. The molecule has 0 fully saturated rings. The van der Waals surface area contributed by atoms with Crippen LogP contribution in [0.15, 0.2) is 64.0 Å². The minimum absolute atomic E-state index is 0.108. The van der Waals surface area contributed by atoms with Crippen LogP contribution in [0.25, 0.3) is 11.3 Å². The fourth-order valence-corrected chi connectivity index (χ4v) is 3.41. The van der Waals surface area contributed by atoms with E-state index in [4.69, 9.17) is 9.15 Å². The summed E-state index contributed by atoms with van der Waals surface area (Å²) in [5, 5.41) is 2.56. The predicted molar refractivity (Wildman–Crippen MR) is 104 cm³/mol. The maximum absolute atomic E-state index is 12.3. The Labute approximate surface area is 166 Å². The number of nitrogens with one attached hydrogen (secondary N) is 2. The fraction of sp³-hybridized carbons (Fsp3) is 0.105. The molecule has 0 unspecified atom stereocenters. The van der Waals surface area contributed by atoms with Crippen molar-refractivity contribution in [2.24, 2.45) is 0 Å². The maximum Gasteiger partial charge on any atom is 0.311 e. The summed E-state index contributed by atoms with van der Waals surface area (Å²) in [5.41, 5.74) is 1.06. The molecule has 0 spiro atoms. The molecule has 10 heteroatoms. The molecule has 2 amide bonds. The third-order valence-corrected chi connectivity index (χ3v) is 5.22. The first-order valence-electron chi connectivity index (χ1n) is 8.33. The maximum atomic E-state index is 12.3. The number of ether oxygens (including phenoxy) is 1. The van der Waals surface area contributed by atoms with Gasteiger partial charge in [0, 0.05) is 18.2 Å². The van der Waals surface area contributed by atoms with Crippen LogP contribution in [0.2, 0.25) is 0 Å². The van der Waals surface area contributed by atoms with Crippen LogP contribution in [0.3, 0.4) is 0 Å². The van der Waals surface area contributed by atoms with E-state index in [1.165, 1.54) is 30.5 Å². The van der Waals surface area contributed by atoms with Crippen LogP contribution in [0.1, 0.15) is 17.6 Å². The van der Waals surface area contributed by atoms with Crippen molar-refractivity contribution in [3.63, 3.8) is 0 Å². The highest BCUT2D eigenvalue weighted by Crippen LogP contribution is 2.23. The topological polar surface area (TPSA) is 128 Å². The van der Waals surface area contributed by atoms with Gasteiger partial charge in [-0.15, -0.1) is 0 Å². The summed E-state index contributed by atoms with van der Waals surface area (Å²) in [7, 11) is -2.38. The highest BCUT2D eigenvalue weighted by atomic mass is 32.2. The molecular formula is C19H17N3O6S. The molecule has 0 bridgehead atoms. The zero-order valence-electron chi connectivity index (χ0n) is 15.5. The number of hydrogen-bond donors (Lipinski definition) is 2. The lowest BCUT2D eigenvalue weighted by Gasteiger charge is -2.06. The van der Waals surface area contributed by atoms with Gasteiger partial charge in [0.2, 0.25) is 5.91 Å². The first kappa shape index (κ1) is 20.1. The van der Waals surface area contributed by atoms with Crippen molar-refractivity contribution in [1.82, 2.24) is 9.71 Å². The second kappa shape index (κ2) is 8.15. The average Bonchev–Trinajstić information content (AvgIpc) is 3.18. The van der Waals surface area contributed by atoms with E-state index in [1.807, 2.05) is 4.72 Å². The van der Waals surface area contributed by atoms with Crippen LogP contribution in [-0.2, 0) is 14.8 Å². The quantitative estimate of drug-likeness (QED) is 0.633. The van der Waals surface area contributed by atoms with Gasteiger partial charge in [0.25, 0.3) is 15.9 Å². The minimum atomic E-state index is -3.94. The summed E-state index contributed by atoms with van der Waals surface area (Å²) < 4.78 is 36.3. The van der Waals surface area contributed by atoms with Gasteiger partial charge >= 0.3 is 5.91 Å². The number of methoxy groups -OCH3 is 1. The normalized spacial score (nSPS) is 11.0. The van der Waals surface area contributed by atoms with Crippen LogP contribution in [0.5, 0.6) is 5.75 Å². The Balaban J connectivity index is 1.70. The molecule has 1 heterocycles. The second-order valence-electron chi connectivity index (χ2n) is 5.90. The summed E-state index contributed by atoms with van der Waals surface area (Å²) in [6.07, 6.45) is 1.43. The molecule has 0 saturated heterocycles. The number of sulfonamides is 1. The third-order valence-electron chi connectivity index (χ3n) is 3.78. The Bertz CT molecular complexity index is 1140. The van der Waals surface area contributed by atoms with Crippen molar-refractivity contribution in [2.75, 3.05) is 12.4 Å². The van der Waals surface area contributed by atoms with Crippen LogP contribution >= 0.6 is 0 Å². The lowest BCUT2D eigenvalue weighted by molar-refractivity contribution is -0.117. The number of hydrogen-bond acceptors (Lipinski definition) is 7. The van der Waals surface area contributed by atoms with Gasteiger partial charge in [0.15, 0.2) is 5.76 Å². The molecular weight excluding hydrogens is 398 g/mol. The van der Waals surface area contributed by atoms with Gasteiger partial charge < -0.3 is 14.5 Å². The van der Waals surface area contributed by atoms with E-state index in [9.17, 15) is 18.0 Å². The molecule has 2 N–H and O–H groups in total. The Hall–Kier alpha value is -3.66. The van der Waals surface area contributed by atoms with Gasteiger partial charge in [-0.2, -0.15) is 0 Å². The molecule has 0 atom stereocenters. The molecule has 1 aromatic heterocycles. The van der Waals surface area contributed by atoms with E-state index >= 15 is 0 Å². The summed E-state index contributed by atoms with van der Waals surface area (Å²) in [6.45, 7) is 1.10. The first-order valence-corrected chi connectivity index (χ1v) is 9.82. The SMILES string of the molecule is COc1ccc(-c2cnc(C(=O)Nc3ccc(S(=O)(=O)NC(C)=O)cc3)o2)cc1. The number of amides is 2. The van der Waals surface area contributed by atoms with Crippen molar-refractivity contribution in [3.8, 4) is 17.1 Å². The second-order valence-corrected chi connectivity index (χ2v) is 7.58. The van der Waals surface area contributed by atoms with E-state index in [0.717, 1.165) is 12.5 Å². The molecule has 0 aliphatic rings. The first-order chi connectivity index (χ1) is 13.8.